The average Bonchev–Trinajstić information content (AvgIpc) is 3.37. The smallest absolute Gasteiger partial charge is 0.250 e. The molecule has 2 aromatic carbocycles. The van der Waals surface area contributed by atoms with Gasteiger partial charge in [0.2, 0.25) is 17.7 Å². The zero-order valence-electron chi connectivity index (χ0n) is 17.6. The van der Waals surface area contributed by atoms with Crippen LogP contribution in [0, 0.1) is 11.8 Å². The number of thioether (sulfide) groups is 1. The molecule has 0 radical (unpaired) electrons. The largest absolute Gasteiger partial charge is 0.324 e. The lowest BCUT2D eigenvalue weighted by molar-refractivity contribution is -0.142. The van der Waals surface area contributed by atoms with Crippen LogP contribution in [0.25, 0.3) is 0 Å². The third-order valence-corrected chi connectivity index (χ3v) is 7.75. The highest BCUT2D eigenvalue weighted by Crippen LogP contribution is 2.53. The van der Waals surface area contributed by atoms with Gasteiger partial charge in [-0.1, -0.05) is 41.9 Å². The quantitative estimate of drug-likeness (QED) is 0.636. The standard InChI is InChI=1S/C24H24ClN3O3S/c1-32-12-10-18-19-20(22(30)28(21(19)29)11-9-14-5-3-2-4-6-14)24(27-18)16-13-15(25)7-8-17(16)26-23(24)31/h2-8,13,18-20,27H,9-12H2,1H3,(H,26,31)/t18-,19-,20+,24-/m1/s1. The molecule has 166 valence electrons. The van der Waals surface area contributed by atoms with Crippen molar-refractivity contribution in [2.75, 3.05) is 23.9 Å². The Morgan fingerprint density at radius 3 is 2.62 bits per heavy atom. The van der Waals surface area contributed by atoms with Crippen molar-refractivity contribution in [3.8, 4) is 0 Å². The van der Waals surface area contributed by atoms with Crippen molar-refractivity contribution >= 4 is 46.8 Å². The summed E-state index contributed by atoms with van der Waals surface area (Å²) in [5.74, 6) is -1.28. The molecular formula is C24H24ClN3O3S. The molecule has 3 heterocycles. The summed E-state index contributed by atoms with van der Waals surface area (Å²) in [6.07, 6.45) is 3.29. The fourth-order valence-corrected chi connectivity index (χ4v) is 6.09. The molecule has 2 saturated heterocycles. The Bertz CT molecular complexity index is 1100. The van der Waals surface area contributed by atoms with E-state index >= 15 is 0 Å². The Hall–Kier alpha value is -2.35. The van der Waals surface area contributed by atoms with E-state index in [9.17, 15) is 14.4 Å². The van der Waals surface area contributed by atoms with Crippen molar-refractivity contribution in [3.63, 3.8) is 0 Å². The third kappa shape index (κ3) is 3.17. The average molecular weight is 470 g/mol. The number of benzene rings is 2. The second-order valence-electron chi connectivity index (χ2n) is 8.55. The van der Waals surface area contributed by atoms with Crippen LogP contribution in [0.3, 0.4) is 0 Å². The molecule has 6 nitrogen and oxygen atoms in total. The first-order valence-electron chi connectivity index (χ1n) is 10.7. The van der Waals surface area contributed by atoms with E-state index in [-0.39, 0.29) is 23.8 Å². The van der Waals surface area contributed by atoms with Gasteiger partial charge in [0.25, 0.3) is 0 Å². The van der Waals surface area contributed by atoms with Gasteiger partial charge in [-0.2, -0.15) is 11.8 Å². The molecule has 8 heteroatoms. The Kier molecular flexibility index (Phi) is 5.51. The van der Waals surface area contributed by atoms with Crippen LogP contribution in [0.4, 0.5) is 5.69 Å². The molecule has 2 N–H and O–H groups in total. The highest BCUT2D eigenvalue weighted by Gasteiger charge is 2.70. The SMILES string of the molecule is CSCC[C@H]1N[C@@]2(C(=O)Nc3ccc(Cl)cc32)[C@@H]2C(=O)N(CCc3ccccc3)C(=O)[C@@H]21. The molecule has 3 aliphatic rings. The van der Waals surface area contributed by atoms with Crippen LogP contribution in [-0.2, 0) is 26.3 Å². The van der Waals surface area contributed by atoms with E-state index in [0.717, 1.165) is 11.3 Å². The van der Waals surface area contributed by atoms with Crippen LogP contribution in [-0.4, -0.2) is 47.2 Å². The van der Waals surface area contributed by atoms with Crippen LogP contribution >= 0.6 is 23.4 Å². The molecule has 3 aliphatic heterocycles. The second kappa shape index (κ2) is 8.21. The van der Waals surface area contributed by atoms with Crippen molar-refractivity contribution in [1.82, 2.24) is 10.2 Å². The van der Waals surface area contributed by atoms with Crippen LogP contribution in [0.15, 0.2) is 48.5 Å². The predicted molar refractivity (Wildman–Crippen MR) is 126 cm³/mol. The molecule has 5 rings (SSSR count). The normalized spacial score (nSPS) is 28.4. The van der Waals surface area contributed by atoms with Gasteiger partial charge in [0.1, 0.15) is 5.54 Å². The number of nitrogens with one attached hydrogen (secondary N) is 2. The number of carbonyl (C=O) groups is 3. The van der Waals surface area contributed by atoms with Gasteiger partial charge >= 0.3 is 0 Å². The number of anilines is 1. The first-order valence-corrected chi connectivity index (χ1v) is 12.5. The molecule has 4 atom stereocenters. The minimum Gasteiger partial charge on any atom is -0.324 e. The van der Waals surface area contributed by atoms with Gasteiger partial charge in [-0.05, 0) is 48.6 Å². The fraction of sp³-hybridized carbons (Fsp3) is 0.375. The molecule has 0 saturated carbocycles. The van der Waals surface area contributed by atoms with E-state index in [2.05, 4.69) is 10.6 Å². The summed E-state index contributed by atoms with van der Waals surface area (Å²) in [7, 11) is 0. The molecule has 1 spiro atoms. The van der Waals surface area contributed by atoms with E-state index in [1.54, 1.807) is 30.0 Å². The first kappa shape index (κ1) is 21.5. The number of halogens is 1. The summed E-state index contributed by atoms with van der Waals surface area (Å²) in [5, 5.41) is 6.84. The lowest BCUT2D eigenvalue weighted by Gasteiger charge is -2.29. The Morgan fingerprint density at radius 1 is 1.09 bits per heavy atom. The van der Waals surface area contributed by atoms with E-state index in [4.69, 9.17) is 11.6 Å². The number of hydrogen-bond donors (Lipinski definition) is 2. The summed E-state index contributed by atoms with van der Waals surface area (Å²) >= 11 is 7.96. The topological polar surface area (TPSA) is 78.5 Å². The number of amides is 3. The van der Waals surface area contributed by atoms with E-state index in [1.807, 2.05) is 36.6 Å². The highest BCUT2D eigenvalue weighted by molar-refractivity contribution is 7.98. The number of nitrogens with zero attached hydrogens (tertiary/aromatic N) is 1. The third-order valence-electron chi connectivity index (χ3n) is 6.87. The molecule has 32 heavy (non-hydrogen) atoms. The molecule has 0 aromatic heterocycles. The minimum atomic E-state index is -1.28. The van der Waals surface area contributed by atoms with Crippen molar-refractivity contribution in [3.05, 3.63) is 64.7 Å². The molecule has 0 aliphatic carbocycles. The maximum atomic E-state index is 13.7. The van der Waals surface area contributed by atoms with Crippen molar-refractivity contribution in [2.24, 2.45) is 11.8 Å². The molecule has 0 unspecified atom stereocenters. The van der Waals surface area contributed by atoms with Gasteiger partial charge in [-0.3, -0.25) is 24.6 Å². The minimum absolute atomic E-state index is 0.185. The number of carbonyl (C=O) groups excluding carboxylic acids is 3. The van der Waals surface area contributed by atoms with Gasteiger partial charge in [-0.25, -0.2) is 0 Å². The van der Waals surface area contributed by atoms with Crippen molar-refractivity contribution in [2.45, 2.75) is 24.4 Å². The van der Waals surface area contributed by atoms with E-state index in [0.29, 0.717) is 35.7 Å². The number of likely N-dealkylation sites (tertiary alicyclic amines) is 1. The Balaban J connectivity index is 1.53. The van der Waals surface area contributed by atoms with Crippen molar-refractivity contribution < 1.29 is 14.4 Å². The van der Waals surface area contributed by atoms with Gasteiger partial charge in [0, 0.05) is 28.9 Å². The number of rotatable bonds is 6. The lowest BCUT2D eigenvalue weighted by atomic mass is 9.76. The number of imide groups is 1. The Labute approximate surface area is 196 Å². The summed E-state index contributed by atoms with van der Waals surface area (Å²) < 4.78 is 0. The fourth-order valence-electron chi connectivity index (χ4n) is 5.43. The van der Waals surface area contributed by atoms with Crippen LogP contribution in [0.1, 0.15) is 17.5 Å². The molecular weight excluding hydrogens is 446 g/mol. The van der Waals surface area contributed by atoms with Gasteiger partial charge < -0.3 is 5.32 Å². The summed E-state index contributed by atoms with van der Waals surface area (Å²) in [5.41, 5.74) is 1.08. The predicted octanol–water partition coefficient (Wildman–Crippen LogP) is 3.06. The lowest BCUT2D eigenvalue weighted by Crippen LogP contribution is -2.53. The van der Waals surface area contributed by atoms with Gasteiger partial charge in [0.05, 0.1) is 11.8 Å². The molecule has 0 bridgehead atoms. The van der Waals surface area contributed by atoms with E-state index < -0.39 is 17.4 Å². The second-order valence-corrected chi connectivity index (χ2v) is 9.97. The Morgan fingerprint density at radius 2 is 1.88 bits per heavy atom. The summed E-state index contributed by atoms with van der Waals surface area (Å²) in [6.45, 7) is 0.310. The van der Waals surface area contributed by atoms with E-state index in [1.165, 1.54) is 4.90 Å². The van der Waals surface area contributed by atoms with Crippen LogP contribution in [0.2, 0.25) is 5.02 Å². The number of fused-ring (bicyclic) bond motifs is 4. The monoisotopic (exact) mass is 469 g/mol. The summed E-state index contributed by atoms with van der Waals surface area (Å²) in [4.78, 5) is 41.9. The first-order chi connectivity index (χ1) is 15.5. The van der Waals surface area contributed by atoms with Gasteiger partial charge in [0.15, 0.2) is 0 Å². The molecule has 3 amide bonds. The highest BCUT2D eigenvalue weighted by atomic mass is 35.5. The summed E-state index contributed by atoms with van der Waals surface area (Å²) in [6, 6.07) is 14.7. The zero-order chi connectivity index (χ0) is 22.5. The van der Waals surface area contributed by atoms with Gasteiger partial charge in [-0.15, -0.1) is 0 Å². The molecule has 2 fully saturated rings. The maximum absolute atomic E-state index is 13.7. The number of hydrogen-bond acceptors (Lipinski definition) is 5. The maximum Gasteiger partial charge on any atom is 0.250 e. The van der Waals surface area contributed by atoms with Crippen molar-refractivity contribution in [1.29, 1.82) is 0 Å². The zero-order valence-corrected chi connectivity index (χ0v) is 19.2. The van der Waals surface area contributed by atoms with Crippen LogP contribution < -0.4 is 10.6 Å². The molecule has 2 aromatic rings. The van der Waals surface area contributed by atoms with Crippen LogP contribution in [0.5, 0.6) is 0 Å².